The van der Waals surface area contributed by atoms with Crippen LogP contribution in [0.4, 0.5) is 10.1 Å². The highest BCUT2D eigenvalue weighted by Crippen LogP contribution is 2.25. The molecule has 2 N–H and O–H groups in total. The van der Waals surface area contributed by atoms with Crippen LogP contribution in [-0.2, 0) is 10.0 Å². The van der Waals surface area contributed by atoms with E-state index in [-0.39, 0.29) is 4.21 Å². The van der Waals surface area contributed by atoms with Crippen LogP contribution in [-0.4, -0.2) is 24.5 Å². The zero-order chi connectivity index (χ0) is 14.9. The molecule has 0 saturated heterocycles. The maximum atomic E-state index is 13.7. The zero-order valence-electron chi connectivity index (χ0n) is 10.1. The van der Waals surface area contributed by atoms with Gasteiger partial charge in [-0.15, -0.1) is 11.3 Å². The molecule has 0 amide bonds. The lowest BCUT2D eigenvalue weighted by Crippen LogP contribution is -2.16. The van der Waals surface area contributed by atoms with Crippen LogP contribution < -0.4 is 4.72 Å². The van der Waals surface area contributed by atoms with E-state index >= 15 is 0 Å². The van der Waals surface area contributed by atoms with Gasteiger partial charge in [-0.05, 0) is 19.1 Å². The predicted molar refractivity (Wildman–Crippen MR) is 71.0 cm³/mol. The molecule has 0 fully saturated rings. The van der Waals surface area contributed by atoms with Crippen LogP contribution in [0.1, 0.15) is 15.4 Å². The molecule has 0 atom stereocenters. The number of para-hydroxylation sites is 1. The minimum absolute atomic E-state index is 0.116. The van der Waals surface area contributed by atoms with Crippen LogP contribution in [0, 0.1) is 12.7 Å². The van der Waals surface area contributed by atoms with Crippen molar-refractivity contribution in [1.82, 2.24) is 4.98 Å². The molecule has 0 aliphatic carbocycles. The Morgan fingerprint density at radius 1 is 1.45 bits per heavy atom. The van der Waals surface area contributed by atoms with Crippen LogP contribution in [0.15, 0.2) is 28.6 Å². The van der Waals surface area contributed by atoms with Gasteiger partial charge < -0.3 is 5.11 Å². The van der Waals surface area contributed by atoms with Crippen molar-refractivity contribution >= 4 is 33.0 Å². The van der Waals surface area contributed by atoms with E-state index in [1.165, 1.54) is 6.07 Å². The largest absolute Gasteiger partial charge is 0.478 e. The number of aromatic nitrogens is 1. The number of aryl methyl sites for hydroxylation is 1. The van der Waals surface area contributed by atoms with Crippen molar-refractivity contribution in [2.24, 2.45) is 0 Å². The van der Waals surface area contributed by atoms with Gasteiger partial charge in [0.15, 0.2) is 4.21 Å². The lowest BCUT2D eigenvalue weighted by molar-refractivity contribution is 0.0697. The van der Waals surface area contributed by atoms with Gasteiger partial charge in [-0.1, -0.05) is 6.07 Å². The Kier molecular flexibility index (Phi) is 3.73. The Hall–Kier alpha value is -2.00. The first kappa shape index (κ1) is 14.4. The first-order valence-corrected chi connectivity index (χ1v) is 7.58. The standard InChI is InChI=1S/C11H9FN2O4S2/c1-6-13-5-9(19-6)20(17,18)14-10-7(11(15)16)3-2-4-8(10)12/h2-5,14H,1H3,(H,15,16). The number of benzene rings is 1. The van der Waals surface area contributed by atoms with Crippen molar-refractivity contribution in [2.45, 2.75) is 11.1 Å². The topological polar surface area (TPSA) is 96.4 Å². The first-order valence-electron chi connectivity index (χ1n) is 5.28. The number of thiazole rings is 1. The molecule has 0 radical (unpaired) electrons. The van der Waals surface area contributed by atoms with Gasteiger partial charge in [0.05, 0.1) is 22.5 Å². The summed E-state index contributed by atoms with van der Waals surface area (Å²) < 4.78 is 39.6. The summed E-state index contributed by atoms with van der Waals surface area (Å²) in [6.45, 7) is 1.62. The van der Waals surface area contributed by atoms with Crippen LogP contribution in [0.5, 0.6) is 0 Å². The molecule has 0 bridgehead atoms. The van der Waals surface area contributed by atoms with E-state index in [1.54, 1.807) is 6.92 Å². The number of rotatable bonds is 4. The third kappa shape index (κ3) is 2.78. The van der Waals surface area contributed by atoms with E-state index in [1.807, 2.05) is 4.72 Å². The van der Waals surface area contributed by atoms with Crippen molar-refractivity contribution < 1.29 is 22.7 Å². The van der Waals surface area contributed by atoms with Crippen LogP contribution in [0.25, 0.3) is 0 Å². The van der Waals surface area contributed by atoms with Crippen LogP contribution >= 0.6 is 11.3 Å². The van der Waals surface area contributed by atoms with E-state index in [0.717, 1.165) is 29.7 Å². The number of halogens is 1. The molecule has 2 rings (SSSR count). The average Bonchev–Trinajstić information content (AvgIpc) is 2.79. The average molecular weight is 316 g/mol. The Balaban J connectivity index is 2.47. The Morgan fingerprint density at radius 2 is 2.15 bits per heavy atom. The Bertz CT molecular complexity index is 770. The highest BCUT2D eigenvalue weighted by Gasteiger charge is 2.23. The fraction of sp³-hybridized carbons (Fsp3) is 0.0909. The minimum Gasteiger partial charge on any atom is -0.478 e. The van der Waals surface area contributed by atoms with E-state index in [0.29, 0.717) is 5.01 Å². The molecular formula is C11H9FN2O4S2. The van der Waals surface area contributed by atoms with Crippen LogP contribution in [0.3, 0.4) is 0 Å². The summed E-state index contributed by atoms with van der Waals surface area (Å²) in [6.07, 6.45) is 1.13. The zero-order valence-corrected chi connectivity index (χ0v) is 11.8. The lowest BCUT2D eigenvalue weighted by atomic mass is 10.2. The Morgan fingerprint density at radius 3 is 2.70 bits per heavy atom. The molecule has 0 aliphatic rings. The maximum absolute atomic E-state index is 13.7. The predicted octanol–water partition coefficient (Wildman–Crippen LogP) is 2.09. The number of carboxylic acid groups (broad SMARTS) is 1. The summed E-state index contributed by atoms with van der Waals surface area (Å²) in [5.41, 5.74) is -1.05. The number of anilines is 1. The summed E-state index contributed by atoms with van der Waals surface area (Å²) in [6, 6.07) is 3.27. The number of aromatic carboxylic acids is 1. The highest BCUT2D eigenvalue weighted by molar-refractivity contribution is 7.94. The molecule has 1 heterocycles. The van der Waals surface area contributed by atoms with Gasteiger partial charge in [-0.3, -0.25) is 4.72 Å². The SMILES string of the molecule is Cc1ncc(S(=O)(=O)Nc2c(F)cccc2C(=O)O)s1. The molecule has 6 nitrogen and oxygen atoms in total. The van der Waals surface area contributed by atoms with E-state index < -0.39 is 33.1 Å². The maximum Gasteiger partial charge on any atom is 0.337 e. The number of hydrogen-bond donors (Lipinski definition) is 2. The Labute approximate surface area is 118 Å². The van der Waals surface area contributed by atoms with Gasteiger partial charge in [-0.2, -0.15) is 0 Å². The fourth-order valence-corrected chi connectivity index (χ4v) is 3.65. The van der Waals surface area contributed by atoms with Gasteiger partial charge >= 0.3 is 5.97 Å². The molecule has 0 spiro atoms. The van der Waals surface area contributed by atoms with Crippen molar-refractivity contribution in [1.29, 1.82) is 0 Å². The second kappa shape index (κ2) is 5.17. The third-order valence-electron chi connectivity index (χ3n) is 2.35. The van der Waals surface area contributed by atoms with E-state index in [9.17, 15) is 17.6 Å². The first-order chi connectivity index (χ1) is 9.31. The molecule has 0 aliphatic heterocycles. The van der Waals surface area contributed by atoms with Crippen molar-refractivity contribution in [3.63, 3.8) is 0 Å². The summed E-state index contributed by atoms with van der Waals surface area (Å²) in [5, 5.41) is 9.48. The molecular weight excluding hydrogens is 307 g/mol. The molecule has 20 heavy (non-hydrogen) atoms. The van der Waals surface area contributed by atoms with Crippen molar-refractivity contribution in [3.8, 4) is 0 Å². The number of nitrogens with one attached hydrogen (secondary N) is 1. The number of carboxylic acids is 1. The van der Waals surface area contributed by atoms with Crippen molar-refractivity contribution in [2.75, 3.05) is 4.72 Å². The number of sulfonamides is 1. The van der Waals surface area contributed by atoms with Gasteiger partial charge in [0.2, 0.25) is 0 Å². The van der Waals surface area contributed by atoms with Gasteiger partial charge in [-0.25, -0.2) is 22.6 Å². The summed E-state index contributed by atoms with van der Waals surface area (Å²) >= 11 is 0.903. The van der Waals surface area contributed by atoms with Gasteiger partial charge in [0, 0.05) is 0 Å². The number of hydrogen-bond acceptors (Lipinski definition) is 5. The second-order valence-corrected chi connectivity index (χ2v) is 6.92. The molecule has 106 valence electrons. The number of nitrogens with zero attached hydrogens (tertiary/aromatic N) is 1. The smallest absolute Gasteiger partial charge is 0.337 e. The molecule has 1 aromatic carbocycles. The van der Waals surface area contributed by atoms with Crippen molar-refractivity contribution in [3.05, 3.63) is 40.8 Å². The molecule has 2 aromatic rings. The third-order valence-corrected chi connectivity index (χ3v) is 5.07. The van der Waals surface area contributed by atoms with E-state index in [2.05, 4.69) is 4.98 Å². The number of carbonyl (C=O) groups is 1. The summed E-state index contributed by atoms with van der Waals surface area (Å²) in [5.74, 6) is -2.39. The monoisotopic (exact) mass is 316 g/mol. The summed E-state index contributed by atoms with van der Waals surface area (Å²) in [4.78, 5) is 14.8. The van der Waals surface area contributed by atoms with Gasteiger partial charge in [0.25, 0.3) is 10.0 Å². The van der Waals surface area contributed by atoms with E-state index in [4.69, 9.17) is 5.11 Å². The van der Waals surface area contributed by atoms with Gasteiger partial charge in [0.1, 0.15) is 5.82 Å². The summed E-state index contributed by atoms with van der Waals surface area (Å²) in [7, 11) is -4.07. The molecule has 1 aromatic heterocycles. The molecule has 9 heteroatoms. The normalized spacial score (nSPS) is 11.3. The van der Waals surface area contributed by atoms with Crippen LogP contribution in [0.2, 0.25) is 0 Å². The lowest BCUT2D eigenvalue weighted by Gasteiger charge is -2.09. The molecule has 0 saturated carbocycles. The quantitative estimate of drug-likeness (QED) is 0.900. The highest BCUT2D eigenvalue weighted by atomic mass is 32.2. The second-order valence-electron chi connectivity index (χ2n) is 3.77. The molecule has 0 unspecified atom stereocenters. The fourth-order valence-electron chi connectivity index (χ4n) is 1.46. The minimum atomic E-state index is -4.07.